The van der Waals surface area contributed by atoms with Crippen LogP contribution in [0.3, 0.4) is 0 Å². The first kappa shape index (κ1) is 12.8. The Hall–Kier alpha value is -1.30. The number of nitrogens with one attached hydrogen (secondary N) is 1. The van der Waals surface area contributed by atoms with Crippen molar-refractivity contribution < 1.29 is 19.1 Å². The molecule has 1 unspecified atom stereocenters. The van der Waals surface area contributed by atoms with Crippen molar-refractivity contribution in [1.82, 2.24) is 5.32 Å². The number of carboxylic acids is 1. The van der Waals surface area contributed by atoms with E-state index in [4.69, 9.17) is 9.52 Å². The van der Waals surface area contributed by atoms with Crippen LogP contribution in [0.4, 0.5) is 0 Å². The molecular weight excluding hydrogens is 278 g/mol. The number of hydrogen-bond acceptors (Lipinski definition) is 3. The van der Waals surface area contributed by atoms with Crippen LogP contribution in [-0.4, -0.2) is 23.0 Å². The van der Waals surface area contributed by atoms with Crippen LogP contribution in [0.25, 0.3) is 0 Å². The maximum atomic E-state index is 11.6. The number of rotatable bonds is 4. The van der Waals surface area contributed by atoms with Gasteiger partial charge in [0.25, 0.3) is 5.91 Å². The predicted octanol–water partition coefficient (Wildman–Crippen LogP) is 1.88. The SMILES string of the molecule is CC(C)C(NC(=O)c1occc1Br)C(=O)O. The van der Waals surface area contributed by atoms with E-state index < -0.39 is 17.9 Å². The van der Waals surface area contributed by atoms with Crippen LogP contribution in [0.2, 0.25) is 0 Å². The van der Waals surface area contributed by atoms with Crippen LogP contribution >= 0.6 is 15.9 Å². The topological polar surface area (TPSA) is 79.5 Å². The molecule has 0 aliphatic rings. The van der Waals surface area contributed by atoms with Crippen molar-refractivity contribution in [3.8, 4) is 0 Å². The van der Waals surface area contributed by atoms with Crippen molar-refractivity contribution in [2.24, 2.45) is 5.92 Å². The molecule has 1 heterocycles. The third-order valence-corrected chi connectivity index (χ3v) is 2.67. The minimum Gasteiger partial charge on any atom is -0.480 e. The molecule has 6 heteroatoms. The van der Waals surface area contributed by atoms with Gasteiger partial charge in [0.1, 0.15) is 6.04 Å². The summed E-state index contributed by atoms with van der Waals surface area (Å²) in [4.78, 5) is 22.5. The highest BCUT2D eigenvalue weighted by atomic mass is 79.9. The van der Waals surface area contributed by atoms with Crippen molar-refractivity contribution >= 4 is 27.8 Å². The Labute approximate surface area is 101 Å². The van der Waals surface area contributed by atoms with Gasteiger partial charge in [-0.1, -0.05) is 13.8 Å². The van der Waals surface area contributed by atoms with Gasteiger partial charge >= 0.3 is 5.97 Å². The van der Waals surface area contributed by atoms with E-state index in [2.05, 4.69) is 21.2 Å². The molecule has 1 aromatic rings. The van der Waals surface area contributed by atoms with Crippen molar-refractivity contribution in [2.75, 3.05) is 0 Å². The summed E-state index contributed by atoms with van der Waals surface area (Å²) in [6.45, 7) is 3.44. The average molecular weight is 290 g/mol. The summed E-state index contributed by atoms with van der Waals surface area (Å²) in [6, 6.07) is 0.643. The fraction of sp³-hybridized carbons (Fsp3) is 0.400. The van der Waals surface area contributed by atoms with E-state index in [-0.39, 0.29) is 11.7 Å². The molecule has 5 nitrogen and oxygen atoms in total. The normalized spacial score (nSPS) is 12.5. The van der Waals surface area contributed by atoms with E-state index >= 15 is 0 Å². The first-order valence-electron chi connectivity index (χ1n) is 4.70. The second kappa shape index (κ2) is 5.16. The van der Waals surface area contributed by atoms with E-state index in [1.165, 1.54) is 6.26 Å². The van der Waals surface area contributed by atoms with Gasteiger partial charge in [0.15, 0.2) is 0 Å². The van der Waals surface area contributed by atoms with E-state index in [9.17, 15) is 9.59 Å². The molecule has 16 heavy (non-hydrogen) atoms. The van der Waals surface area contributed by atoms with Crippen molar-refractivity contribution in [2.45, 2.75) is 19.9 Å². The summed E-state index contributed by atoms with van der Waals surface area (Å²) in [7, 11) is 0. The standard InChI is InChI=1S/C10H12BrNO4/c1-5(2)7(10(14)15)12-9(13)8-6(11)3-4-16-8/h3-5,7H,1-2H3,(H,12,13)(H,14,15). The van der Waals surface area contributed by atoms with Gasteiger partial charge in [-0.05, 0) is 27.9 Å². The number of aliphatic carboxylic acids is 1. The van der Waals surface area contributed by atoms with Crippen molar-refractivity contribution in [3.63, 3.8) is 0 Å². The summed E-state index contributed by atoms with van der Waals surface area (Å²) in [6.07, 6.45) is 1.35. The minimum atomic E-state index is -1.06. The molecule has 0 aliphatic heterocycles. The predicted molar refractivity (Wildman–Crippen MR) is 60.1 cm³/mol. The zero-order valence-electron chi connectivity index (χ0n) is 8.86. The Kier molecular flexibility index (Phi) is 4.12. The first-order chi connectivity index (χ1) is 7.43. The number of carbonyl (C=O) groups excluding carboxylic acids is 1. The monoisotopic (exact) mass is 289 g/mol. The van der Waals surface area contributed by atoms with Crippen LogP contribution in [0, 0.1) is 5.92 Å². The lowest BCUT2D eigenvalue weighted by Crippen LogP contribution is -2.44. The highest BCUT2D eigenvalue weighted by Crippen LogP contribution is 2.17. The highest BCUT2D eigenvalue weighted by molar-refractivity contribution is 9.10. The molecule has 1 atom stereocenters. The summed E-state index contributed by atoms with van der Waals surface area (Å²) >= 11 is 3.13. The first-order valence-corrected chi connectivity index (χ1v) is 5.49. The van der Waals surface area contributed by atoms with Gasteiger partial charge in [0.2, 0.25) is 5.76 Å². The summed E-state index contributed by atoms with van der Waals surface area (Å²) in [5.41, 5.74) is 0. The van der Waals surface area contributed by atoms with E-state index in [0.717, 1.165) is 0 Å². The molecule has 0 spiro atoms. The molecule has 1 aromatic heterocycles. The van der Waals surface area contributed by atoms with Crippen molar-refractivity contribution in [1.29, 1.82) is 0 Å². The average Bonchev–Trinajstić information content (AvgIpc) is 2.59. The molecule has 0 saturated heterocycles. The van der Waals surface area contributed by atoms with Crippen molar-refractivity contribution in [3.05, 3.63) is 22.6 Å². The van der Waals surface area contributed by atoms with E-state index in [1.54, 1.807) is 19.9 Å². The van der Waals surface area contributed by atoms with Gasteiger partial charge in [-0.2, -0.15) is 0 Å². The number of halogens is 1. The molecule has 0 aromatic carbocycles. The van der Waals surface area contributed by atoms with Gasteiger partial charge < -0.3 is 14.8 Å². The van der Waals surface area contributed by atoms with Gasteiger partial charge in [-0.15, -0.1) is 0 Å². The summed E-state index contributed by atoms with van der Waals surface area (Å²) < 4.78 is 5.43. The fourth-order valence-corrected chi connectivity index (χ4v) is 1.56. The second-order valence-corrected chi connectivity index (χ2v) is 4.49. The molecule has 0 aliphatic carbocycles. The number of carboxylic acid groups (broad SMARTS) is 1. The van der Waals surface area contributed by atoms with Gasteiger partial charge in [0.05, 0.1) is 10.7 Å². The number of hydrogen-bond donors (Lipinski definition) is 2. The van der Waals surface area contributed by atoms with Crippen LogP contribution < -0.4 is 5.32 Å². The van der Waals surface area contributed by atoms with E-state index in [1.807, 2.05) is 0 Å². The molecule has 2 N–H and O–H groups in total. The molecule has 88 valence electrons. The summed E-state index contributed by atoms with van der Waals surface area (Å²) in [5.74, 6) is -1.73. The number of amides is 1. The highest BCUT2D eigenvalue weighted by Gasteiger charge is 2.25. The van der Waals surface area contributed by atoms with Gasteiger partial charge in [-0.3, -0.25) is 4.79 Å². The van der Waals surface area contributed by atoms with Crippen LogP contribution in [-0.2, 0) is 4.79 Å². The van der Waals surface area contributed by atoms with Gasteiger partial charge in [0, 0.05) is 0 Å². The number of carbonyl (C=O) groups is 2. The zero-order chi connectivity index (χ0) is 12.3. The Bertz CT molecular complexity index is 399. The van der Waals surface area contributed by atoms with Crippen LogP contribution in [0.15, 0.2) is 21.2 Å². The molecule has 0 radical (unpaired) electrons. The Balaban J connectivity index is 2.77. The second-order valence-electron chi connectivity index (χ2n) is 3.63. The fourth-order valence-electron chi connectivity index (χ4n) is 1.18. The molecular formula is C10H12BrNO4. The Morgan fingerprint density at radius 1 is 1.50 bits per heavy atom. The maximum Gasteiger partial charge on any atom is 0.326 e. The van der Waals surface area contributed by atoms with Crippen LogP contribution in [0.1, 0.15) is 24.4 Å². The third-order valence-electron chi connectivity index (χ3n) is 2.04. The molecule has 0 saturated carbocycles. The zero-order valence-corrected chi connectivity index (χ0v) is 10.4. The quantitative estimate of drug-likeness (QED) is 0.887. The lowest BCUT2D eigenvalue weighted by atomic mass is 10.0. The summed E-state index contributed by atoms with van der Waals surface area (Å²) in [5, 5.41) is 11.3. The maximum absolute atomic E-state index is 11.6. The lowest BCUT2D eigenvalue weighted by Gasteiger charge is -2.17. The third kappa shape index (κ3) is 2.85. The minimum absolute atomic E-state index is 0.0758. The smallest absolute Gasteiger partial charge is 0.326 e. The lowest BCUT2D eigenvalue weighted by molar-refractivity contribution is -0.140. The molecule has 0 bridgehead atoms. The molecule has 1 amide bonds. The van der Waals surface area contributed by atoms with E-state index in [0.29, 0.717) is 4.47 Å². The largest absolute Gasteiger partial charge is 0.480 e. The van der Waals surface area contributed by atoms with Gasteiger partial charge in [-0.25, -0.2) is 4.79 Å². The van der Waals surface area contributed by atoms with Crippen LogP contribution in [0.5, 0.6) is 0 Å². The molecule has 0 fully saturated rings. The Morgan fingerprint density at radius 3 is 2.50 bits per heavy atom. The molecule has 1 rings (SSSR count). The number of furan rings is 1. The Morgan fingerprint density at radius 2 is 2.12 bits per heavy atom.